The van der Waals surface area contributed by atoms with Gasteiger partial charge in [-0.25, -0.2) is 0 Å². The lowest BCUT2D eigenvalue weighted by atomic mass is 9.78. The molecule has 0 aromatic heterocycles. The first-order valence-corrected chi connectivity index (χ1v) is 9.88. The number of hydrogen-bond acceptors (Lipinski definition) is 4. The van der Waals surface area contributed by atoms with Crippen LogP contribution in [0.15, 0.2) is 18.2 Å². The van der Waals surface area contributed by atoms with Crippen molar-refractivity contribution in [3.05, 3.63) is 34.9 Å². The number of unbranched alkanes of at least 4 members (excludes halogenated alkanes) is 1. The highest BCUT2D eigenvalue weighted by Gasteiger charge is 2.43. The Bertz CT molecular complexity index is 768. The first-order chi connectivity index (χ1) is 13.1. The third kappa shape index (κ3) is 3.35. The van der Waals surface area contributed by atoms with Gasteiger partial charge in [-0.1, -0.05) is 33.1 Å². The Hall–Kier alpha value is -2.30. The van der Waals surface area contributed by atoms with E-state index in [-0.39, 0.29) is 17.7 Å². The lowest BCUT2D eigenvalue weighted by Crippen LogP contribution is -2.47. The van der Waals surface area contributed by atoms with Crippen molar-refractivity contribution in [1.29, 1.82) is 0 Å². The van der Waals surface area contributed by atoms with Gasteiger partial charge in [-0.3, -0.25) is 14.5 Å². The number of carbonyl (C=O) groups excluding carboxylic acids is 2. The fourth-order valence-corrected chi connectivity index (χ4v) is 4.21. The number of allylic oxidation sites excluding steroid dienone is 1. The number of methoxy groups -OCH3 is 2. The second-order valence-corrected chi connectivity index (χ2v) is 7.34. The molecule has 0 saturated heterocycles. The van der Waals surface area contributed by atoms with Crippen molar-refractivity contribution < 1.29 is 19.1 Å². The summed E-state index contributed by atoms with van der Waals surface area (Å²) in [6.07, 6.45) is 6.73. The summed E-state index contributed by atoms with van der Waals surface area (Å²) in [4.78, 5) is 27.9. The fourth-order valence-electron chi connectivity index (χ4n) is 4.21. The van der Waals surface area contributed by atoms with Gasteiger partial charge in [0, 0.05) is 12.1 Å². The molecule has 2 amide bonds. The zero-order valence-corrected chi connectivity index (χ0v) is 16.7. The van der Waals surface area contributed by atoms with Gasteiger partial charge in [0.1, 0.15) is 11.5 Å². The number of nitrogens with zero attached hydrogens (tertiary/aromatic N) is 1. The van der Waals surface area contributed by atoms with Crippen LogP contribution in [0.5, 0.6) is 5.75 Å². The van der Waals surface area contributed by atoms with Crippen molar-refractivity contribution in [2.75, 3.05) is 20.8 Å². The van der Waals surface area contributed by atoms with E-state index in [4.69, 9.17) is 9.47 Å². The van der Waals surface area contributed by atoms with Crippen LogP contribution >= 0.6 is 0 Å². The summed E-state index contributed by atoms with van der Waals surface area (Å²) in [7, 11) is 3.19. The van der Waals surface area contributed by atoms with Crippen LogP contribution in [0.1, 0.15) is 73.4 Å². The molecule has 0 fully saturated rings. The highest BCUT2D eigenvalue weighted by molar-refractivity contribution is 6.13. The van der Waals surface area contributed by atoms with Crippen LogP contribution in [0.4, 0.5) is 0 Å². The number of amides is 2. The highest BCUT2D eigenvalue weighted by atomic mass is 16.5. The van der Waals surface area contributed by atoms with Gasteiger partial charge >= 0.3 is 0 Å². The van der Waals surface area contributed by atoms with Crippen LogP contribution < -0.4 is 4.74 Å². The van der Waals surface area contributed by atoms with E-state index in [1.165, 1.54) is 4.90 Å². The molecule has 146 valence electrons. The minimum Gasteiger partial charge on any atom is -0.496 e. The van der Waals surface area contributed by atoms with E-state index in [0.717, 1.165) is 36.8 Å². The average molecular weight is 371 g/mol. The molecule has 2 atom stereocenters. The Morgan fingerprint density at radius 2 is 1.96 bits per heavy atom. The fraction of sp³-hybridized carbons (Fsp3) is 0.545. The molecule has 0 saturated carbocycles. The molecule has 5 nitrogen and oxygen atoms in total. The molecule has 1 heterocycles. The Kier molecular flexibility index (Phi) is 5.88. The standard InChI is InChI=1S/C22H29NO4/c1-5-7-8-14(6-2)13-23-21(24)15-9-11-17(26-3)20-18(27-4)12-10-16(19(15)20)22(23)25/h9,11-12,14,16H,5-8,10,13H2,1-4H3. The largest absolute Gasteiger partial charge is 0.496 e. The number of carbonyl (C=O) groups is 2. The van der Waals surface area contributed by atoms with Crippen molar-refractivity contribution >= 4 is 17.6 Å². The predicted molar refractivity (Wildman–Crippen MR) is 105 cm³/mol. The molecule has 3 rings (SSSR count). The zero-order valence-electron chi connectivity index (χ0n) is 16.7. The van der Waals surface area contributed by atoms with Crippen molar-refractivity contribution in [3.8, 4) is 5.75 Å². The molecule has 1 aliphatic heterocycles. The summed E-state index contributed by atoms with van der Waals surface area (Å²) < 4.78 is 11.0. The molecule has 0 spiro atoms. The first-order valence-electron chi connectivity index (χ1n) is 9.88. The summed E-state index contributed by atoms with van der Waals surface area (Å²) in [5.74, 6) is 1.03. The SMILES string of the molecule is CCCCC(CC)CN1C(=O)c2ccc(OC)c3c2C(CC=C3OC)C1=O. The van der Waals surface area contributed by atoms with E-state index >= 15 is 0 Å². The van der Waals surface area contributed by atoms with Crippen molar-refractivity contribution in [3.63, 3.8) is 0 Å². The molecule has 0 N–H and O–H groups in total. The van der Waals surface area contributed by atoms with Gasteiger partial charge < -0.3 is 9.47 Å². The minimum atomic E-state index is -0.342. The Labute approximate surface area is 161 Å². The maximum atomic E-state index is 13.2. The van der Waals surface area contributed by atoms with E-state index in [1.807, 2.05) is 6.08 Å². The van der Waals surface area contributed by atoms with Crippen LogP contribution in [0.25, 0.3) is 5.76 Å². The van der Waals surface area contributed by atoms with Gasteiger partial charge in [0.25, 0.3) is 5.91 Å². The Morgan fingerprint density at radius 1 is 1.19 bits per heavy atom. The van der Waals surface area contributed by atoms with E-state index in [2.05, 4.69) is 13.8 Å². The van der Waals surface area contributed by atoms with Crippen LogP contribution in [-0.2, 0) is 9.53 Å². The Morgan fingerprint density at radius 3 is 2.59 bits per heavy atom. The maximum Gasteiger partial charge on any atom is 0.260 e. The lowest BCUT2D eigenvalue weighted by Gasteiger charge is -2.37. The molecular weight excluding hydrogens is 342 g/mol. The molecule has 1 aromatic carbocycles. The summed E-state index contributed by atoms with van der Waals surface area (Å²) >= 11 is 0. The van der Waals surface area contributed by atoms with Crippen LogP contribution in [0.3, 0.4) is 0 Å². The van der Waals surface area contributed by atoms with Gasteiger partial charge in [0.05, 0.1) is 25.7 Å². The van der Waals surface area contributed by atoms with Gasteiger partial charge in [-0.2, -0.15) is 0 Å². The second-order valence-electron chi connectivity index (χ2n) is 7.34. The minimum absolute atomic E-state index is 0.0941. The molecule has 0 radical (unpaired) electrons. The van der Waals surface area contributed by atoms with Crippen molar-refractivity contribution in [2.24, 2.45) is 5.92 Å². The van der Waals surface area contributed by atoms with E-state index in [1.54, 1.807) is 26.4 Å². The third-order valence-electron chi connectivity index (χ3n) is 5.80. The average Bonchev–Trinajstić information content (AvgIpc) is 2.70. The number of benzene rings is 1. The van der Waals surface area contributed by atoms with E-state index in [0.29, 0.717) is 36.0 Å². The topological polar surface area (TPSA) is 55.8 Å². The first kappa shape index (κ1) is 19.5. The van der Waals surface area contributed by atoms with Crippen LogP contribution in [-0.4, -0.2) is 37.5 Å². The quantitative estimate of drug-likeness (QED) is 0.637. The van der Waals surface area contributed by atoms with Gasteiger partial charge in [-0.05, 0) is 42.5 Å². The lowest BCUT2D eigenvalue weighted by molar-refractivity contribution is -0.131. The van der Waals surface area contributed by atoms with E-state index in [9.17, 15) is 9.59 Å². The van der Waals surface area contributed by atoms with Gasteiger partial charge in [0.15, 0.2) is 0 Å². The van der Waals surface area contributed by atoms with Gasteiger partial charge in [0.2, 0.25) is 5.91 Å². The number of hydrogen-bond donors (Lipinski definition) is 0. The van der Waals surface area contributed by atoms with Crippen molar-refractivity contribution in [2.45, 2.75) is 51.9 Å². The number of ether oxygens (including phenoxy) is 2. The summed E-state index contributed by atoms with van der Waals surface area (Å²) in [5, 5.41) is 0. The molecular formula is C22H29NO4. The molecule has 2 unspecified atom stereocenters. The summed E-state index contributed by atoms with van der Waals surface area (Å²) in [5.41, 5.74) is 2.11. The summed E-state index contributed by atoms with van der Waals surface area (Å²) in [6.45, 7) is 4.80. The zero-order chi connectivity index (χ0) is 19.6. The van der Waals surface area contributed by atoms with Crippen LogP contribution in [0.2, 0.25) is 0 Å². The number of imide groups is 1. The van der Waals surface area contributed by atoms with Crippen molar-refractivity contribution in [1.82, 2.24) is 4.90 Å². The molecule has 1 aliphatic carbocycles. The van der Waals surface area contributed by atoms with E-state index < -0.39 is 0 Å². The maximum absolute atomic E-state index is 13.2. The van der Waals surface area contributed by atoms with Gasteiger partial charge in [-0.15, -0.1) is 0 Å². The molecule has 1 aromatic rings. The third-order valence-corrected chi connectivity index (χ3v) is 5.80. The molecule has 5 heteroatoms. The molecule has 2 aliphatic rings. The highest BCUT2D eigenvalue weighted by Crippen LogP contribution is 2.45. The Balaban J connectivity index is 2.01. The second kappa shape index (κ2) is 8.15. The summed E-state index contributed by atoms with van der Waals surface area (Å²) in [6, 6.07) is 3.59. The normalized spacial score (nSPS) is 19.5. The molecule has 27 heavy (non-hydrogen) atoms. The monoisotopic (exact) mass is 371 g/mol. The van der Waals surface area contributed by atoms with Crippen LogP contribution in [0, 0.1) is 5.92 Å². The smallest absolute Gasteiger partial charge is 0.260 e. The number of rotatable bonds is 8. The predicted octanol–water partition coefficient (Wildman–Crippen LogP) is 4.37. The molecule has 0 bridgehead atoms.